The molecule has 0 amide bonds. The van der Waals surface area contributed by atoms with Crippen molar-refractivity contribution in [1.29, 1.82) is 0 Å². The third-order valence-corrected chi connectivity index (χ3v) is 6.39. The molecule has 0 bridgehead atoms. The Morgan fingerprint density at radius 3 is 2.80 bits per heavy atom. The summed E-state index contributed by atoms with van der Waals surface area (Å²) in [5.74, 6) is 0. The maximum Gasteiger partial charge on any atom is 0.293 e. The first-order chi connectivity index (χ1) is 9.50. The standard InChI is InChI=1S/C12H14N4O2S2/c1-8-6-7-9-4-2-3-5-10(9)16(8)20(17,18)12-15-14-11(13)19-12/h2-5,8H,6-7H2,1H3,(H2,13,14). The van der Waals surface area contributed by atoms with Gasteiger partial charge in [0.05, 0.1) is 5.69 Å². The SMILES string of the molecule is CC1CCc2ccccc2N1S(=O)(=O)c1nnc(N)s1. The topological polar surface area (TPSA) is 89.2 Å². The Morgan fingerprint density at radius 2 is 2.10 bits per heavy atom. The number of benzene rings is 1. The van der Waals surface area contributed by atoms with Crippen molar-refractivity contribution >= 4 is 32.2 Å². The molecular weight excluding hydrogens is 296 g/mol. The van der Waals surface area contributed by atoms with E-state index in [0.29, 0.717) is 0 Å². The van der Waals surface area contributed by atoms with E-state index in [2.05, 4.69) is 10.2 Å². The van der Waals surface area contributed by atoms with Gasteiger partial charge in [-0.25, -0.2) is 0 Å². The van der Waals surface area contributed by atoms with Gasteiger partial charge in [0.15, 0.2) is 0 Å². The van der Waals surface area contributed by atoms with E-state index in [9.17, 15) is 8.42 Å². The van der Waals surface area contributed by atoms with Crippen LogP contribution in [0.5, 0.6) is 0 Å². The fourth-order valence-corrected chi connectivity index (χ4v) is 5.02. The molecule has 1 aliphatic rings. The van der Waals surface area contributed by atoms with Crippen molar-refractivity contribution in [3.63, 3.8) is 0 Å². The number of nitrogens with two attached hydrogens (primary N) is 1. The van der Waals surface area contributed by atoms with Gasteiger partial charge in [-0.2, -0.15) is 8.42 Å². The Bertz CT molecular complexity index is 741. The van der Waals surface area contributed by atoms with E-state index < -0.39 is 10.0 Å². The van der Waals surface area contributed by atoms with E-state index in [-0.39, 0.29) is 15.5 Å². The van der Waals surface area contributed by atoms with Crippen LogP contribution in [0.1, 0.15) is 18.9 Å². The summed E-state index contributed by atoms with van der Waals surface area (Å²) in [6.45, 7) is 1.90. The van der Waals surface area contributed by atoms with Crippen molar-refractivity contribution < 1.29 is 8.42 Å². The number of fused-ring (bicyclic) bond motifs is 1. The summed E-state index contributed by atoms with van der Waals surface area (Å²) in [4.78, 5) is 0. The van der Waals surface area contributed by atoms with Crippen LogP contribution in [-0.2, 0) is 16.4 Å². The van der Waals surface area contributed by atoms with E-state index in [4.69, 9.17) is 5.73 Å². The van der Waals surface area contributed by atoms with Crippen LogP contribution in [0.15, 0.2) is 28.6 Å². The minimum atomic E-state index is -3.71. The lowest BCUT2D eigenvalue weighted by Gasteiger charge is -2.35. The molecule has 1 aromatic carbocycles. The number of aryl methyl sites for hydroxylation is 1. The molecule has 3 rings (SSSR count). The summed E-state index contributed by atoms with van der Waals surface area (Å²) in [6, 6.07) is 7.43. The van der Waals surface area contributed by atoms with Crippen molar-refractivity contribution in [2.45, 2.75) is 30.1 Å². The van der Waals surface area contributed by atoms with Crippen LogP contribution in [0, 0.1) is 0 Å². The molecule has 20 heavy (non-hydrogen) atoms. The maximum absolute atomic E-state index is 12.8. The van der Waals surface area contributed by atoms with Crippen LogP contribution >= 0.6 is 11.3 Å². The molecular formula is C12H14N4O2S2. The van der Waals surface area contributed by atoms with Gasteiger partial charge in [-0.15, -0.1) is 10.2 Å². The number of hydrogen-bond acceptors (Lipinski definition) is 6. The van der Waals surface area contributed by atoms with E-state index in [1.54, 1.807) is 0 Å². The number of nitrogens with zero attached hydrogens (tertiary/aromatic N) is 3. The Kier molecular flexibility index (Phi) is 3.14. The largest absolute Gasteiger partial charge is 0.374 e. The number of nitrogen functional groups attached to an aromatic ring is 1. The van der Waals surface area contributed by atoms with Crippen molar-refractivity contribution in [3.05, 3.63) is 29.8 Å². The molecule has 2 heterocycles. The van der Waals surface area contributed by atoms with Crippen LogP contribution in [0.4, 0.5) is 10.8 Å². The van der Waals surface area contributed by atoms with Crippen LogP contribution in [-0.4, -0.2) is 24.7 Å². The molecule has 8 heteroatoms. The Labute approximate surface area is 121 Å². The highest BCUT2D eigenvalue weighted by molar-refractivity contribution is 7.94. The summed E-state index contributed by atoms with van der Waals surface area (Å²) in [5, 5.41) is 7.44. The van der Waals surface area contributed by atoms with Crippen LogP contribution in [0.25, 0.3) is 0 Å². The molecule has 2 N–H and O–H groups in total. The molecule has 0 radical (unpaired) electrons. The lowest BCUT2D eigenvalue weighted by Crippen LogP contribution is -2.42. The number of aromatic nitrogens is 2. The van der Waals surface area contributed by atoms with E-state index in [1.807, 2.05) is 31.2 Å². The molecule has 0 saturated carbocycles. The predicted molar refractivity (Wildman–Crippen MR) is 78.2 cm³/mol. The Hall–Kier alpha value is -1.67. The van der Waals surface area contributed by atoms with Gasteiger partial charge in [-0.05, 0) is 31.4 Å². The summed E-state index contributed by atoms with van der Waals surface area (Å²) >= 11 is 0.891. The second-order valence-corrected chi connectivity index (χ2v) is 7.72. The second-order valence-electron chi connectivity index (χ2n) is 4.72. The molecule has 0 spiro atoms. The maximum atomic E-state index is 12.8. The lowest BCUT2D eigenvalue weighted by atomic mass is 9.99. The number of para-hydroxylation sites is 1. The fraction of sp³-hybridized carbons (Fsp3) is 0.333. The molecule has 1 unspecified atom stereocenters. The number of rotatable bonds is 2. The van der Waals surface area contributed by atoms with E-state index in [0.717, 1.165) is 35.4 Å². The molecule has 2 aromatic rings. The second kappa shape index (κ2) is 4.71. The lowest BCUT2D eigenvalue weighted by molar-refractivity contribution is 0.561. The van der Waals surface area contributed by atoms with Gasteiger partial charge in [0.25, 0.3) is 14.4 Å². The smallest absolute Gasteiger partial charge is 0.293 e. The van der Waals surface area contributed by atoms with Crippen LogP contribution < -0.4 is 10.0 Å². The molecule has 1 atom stereocenters. The highest BCUT2D eigenvalue weighted by Gasteiger charge is 2.35. The zero-order valence-corrected chi connectivity index (χ0v) is 12.5. The third kappa shape index (κ3) is 2.04. The summed E-state index contributed by atoms with van der Waals surface area (Å²) in [5.41, 5.74) is 7.25. The highest BCUT2D eigenvalue weighted by Crippen LogP contribution is 2.35. The van der Waals surface area contributed by atoms with Gasteiger partial charge in [0, 0.05) is 6.04 Å². The molecule has 0 saturated heterocycles. The average molecular weight is 310 g/mol. The summed E-state index contributed by atoms with van der Waals surface area (Å²) in [6.07, 6.45) is 1.66. The molecule has 106 valence electrons. The zero-order chi connectivity index (χ0) is 14.3. The van der Waals surface area contributed by atoms with Gasteiger partial charge in [0.1, 0.15) is 0 Å². The first-order valence-corrected chi connectivity index (χ1v) is 8.47. The van der Waals surface area contributed by atoms with Gasteiger partial charge in [0.2, 0.25) is 5.13 Å². The molecule has 1 aliphatic heterocycles. The van der Waals surface area contributed by atoms with E-state index in [1.165, 1.54) is 4.31 Å². The predicted octanol–water partition coefficient (Wildman–Crippen LogP) is 1.65. The minimum Gasteiger partial charge on any atom is -0.374 e. The normalized spacial score (nSPS) is 18.9. The quantitative estimate of drug-likeness (QED) is 0.911. The summed E-state index contributed by atoms with van der Waals surface area (Å²) < 4.78 is 26.9. The van der Waals surface area contributed by atoms with Crippen LogP contribution in [0.2, 0.25) is 0 Å². The highest BCUT2D eigenvalue weighted by atomic mass is 32.2. The molecule has 0 aliphatic carbocycles. The first-order valence-electron chi connectivity index (χ1n) is 6.21. The average Bonchev–Trinajstić information content (AvgIpc) is 2.85. The van der Waals surface area contributed by atoms with Crippen molar-refractivity contribution in [2.75, 3.05) is 10.0 Å². The monoisotopic (exact) mass is 310 g/mol. The first kappa shape index (κ1) is 13.3. The Morgan fingerprint density at radius 1 is 1.35 bits per heavy atom. The number of anilines is 2. The number of sulfonamides is 1. The van der Waals surface area contributed by atoms with Crippen LogP contribution in [0.3, 0.4) is 0 Å². The van der Waals surface area contributed by atoms with E-state index >= 15 is 0 Å². The minimum absolute atomic E-state index is 0.0569. The van der Waals surface area contributed by atoms with Crippen molar-refractivity contribution in [3.8, 4) is 0 Å². The molecule has 1 aromatic heterocycles. The van der Waals surface area contributed by atoms with Gasteiger partial charge in [-0.3, -0.25) is 4.31 Å². The number of hydrogen-bond donors (Lipinski definition) is 1. The molecule has 6 nitrogen and oxygen atoms in total. The van der Waals surface area contributed by atoms with Gasteiger partial charge < -0.3 is 5.73 Å². The third-order valence-electron chi connectivity index (χ3n) is 3.36. The fourth-order valence-electron chi connectivity index (χ4n) is 2.43. The molecule has 0 fully saturated rings. The van der Waals surface area contributed by atoms with Gasteiger partial charge in [-0.1, -0.05) is 29.5 Å². The van der Waals surface area contributed by atoms with Crippen molar-refractivity contribution in [2.24, 2.45) is 0 Å². The van der Waals surface area contributed by atoms with Crippen molar-refractivity contribution in [1.82, 2.24) is 10.2 Å². The zero-order valence-electron chi connectivity index (χ0n) is 10.9. The summed E-state index contributed by atoms with van der Waals surface area (Å²) in [7, 11) is -3.71. The van der Waals surface area contributed by atoms with Gasteiger partial charge >= 0.3 is 0 Å². The Balaban J connectivity index is 2.13.